The monoisotopic (exact) mass is 424 g/mol. The molecule has 0 aromatic heterocycles. The molecule has 1 fully saturated rings. The molecule has 5 atom stereocenters. The molecule has 0 amide bonds. The van der Waals surface area contributed by atoms with Gasteiger partial charge in [0.25, 0.3) is 0 Å². The van der Waals surface area contributed by atoms with Gasteiger partial charge in [0.15, 0.2) is 0 Å². The van der Waals surface area contributed by atoms with E-state index in [1.807, 2.05) is 31.2 Å². The zero-order valence-corrected chi connectivity index (χ0v) is 16.8. The molecule has 1 aliphatic heterocycles. The summed E-state index contributed by atoms with van der Waals surface area (Å²) in [5.74, 6) is -2.00. The Morgan fingerprint density at radius 3 is 2.47 bits per heavy atom. The van der Waals surface area contributed by atoms with Crippen LogP contribution in [0.3, 0.4) is 0 Å². The van der Waals surface area contributed by atoms with E-state index in [4.69, 9.17) is 9.47 Å². The van der Waals surface area contributed by atoms with Gasteiger partial charge in [-0.3, -0.25) is 0 Å². The summed E-state index contributed by atoms with van der Waals surface area (Å²) in [4.78, 5) is 12.3. The molecule has 1 aromatic carbocycles. The van der Waals surface area contributed by atoms with E-state index in [-0.39, 0.29) is 11.1 Å². The van der Waals surface area contributed by atoms with Crippen molar-refractivity contribution < 1.29 is 44.9 Å². The van der Waals surface area contributed by atoms with E-state index >= 15 is 0 Å². The van der Waals surface area contributed by atoms with Crippen LogP contribution < -0.4 is 0 Å². The van der Waals surface area contributed by atoms with Crippen LogP contribution in [0.1, 0.15) is 40.9 Å². The lowest BCUT2D eigenvalue weighted by Gasteiger charge is -2.40. The summed E-state index contributed by atoms with van der Waals surface area (Å²) in [6.07, 6.45) is 0.354. The van der Waals surface area contributed by atoms with Gasteiger partial charge in [-0.05, 0) is 31.4 Å². The average Bonchev–Trinajstić information content (AvgIpc) is 2.72. The number of aliphatic hydroxyl groups excluding tert-OH is 4. The fourth-order valence-electron chi connectivity index (χ4n) is 3.40. The molecular formula is C21H28O9. The highest BCUT2D eigenvalue weighted by molar-refractivity contribution is 5.95. The molecule has 0 bridgehead atoms. The summed E-state index contributed by atoms with van der Waals surface area (Å²) < 4.78 is 10.2. The molecule has 166 valence electrons. The standard InChI is InChI=1S/C21H28O9/c1-3-4-5-6-7-8-11-9-12(23)15(17(25)14(11)21(28)29-2)20-19(27)18(26)16(24)13(10-22)30-20/h3-6,9,13,16,18-20,22-27H,7-8,10H2,1-2H3/b4-3+,6-5+/t13-,16-,18+,19-,20+/m1/s1. The first kappa shape index (κ1) is 23.8. The van der Waals surface area contributed by atoms with Gasteiger partial charge >= 0.3 is 5.97 Å². The smallest absolute Gasteiger partial charge is 0.341 e. The molecule has 6 N–H and O–H groups in total. The van der Waals surface area contributed by atoms with E-state index in [1.165, 1.54) is 6.07 Å². The molecule has 0 spiro atoms. The summed E-state index contributed by atoms with van der Waals surface area (Å²) in [6, 6.07) is 1.26. The zero-order valence-electron chi connectivity index (χ0n) is 16.8. The van der Waals surface area contributed by atoms with Crippen molar-refractivity contribution in [2.45, 2.75) is 50.3 Å². The molecule has 0 aliphatic carbocycles. The Bertz CT molecular complexity index is 800. The number of methoxy groups -OCH3 is 1. The Morgan fingerprint density at radius 1 is 1.17 bits per heavy atom. The van der Waals surface area contributed by atoms with Gasteiger partial charge in [-0.2, -0.15) is 0 Å². The van der Waals surface area contributed by atoms with Crippen molar-refractivity contribution in [3.05, 3.63) is 47.1 Å². The number of phenols is 2. The summed E-state index contributed by atoms with van der Waals surface area (Å²) in [5.41, 5.74) is -0.238. The second-order valence-corrected chi connectivity index (χ2v) is 6.93. The van der Waals surface area contributed by atoms with Crippen LogP contribution in [0.25, 0.3) is 0 Å². The van der Waals surface area contributed by atoms with E-state index in [2.05, 4.69) is 0 Å². The minimum Gasteiger partial charge on any atom is -0.507 e. The number of carbonyl (C=O) groups excluding carboxylic acids is 1. The Labute approximate surface area is 174 Å². The molecule has 9 heteroatoms. The molecule has 0 radical (unpaired) electrons. The van der Waals surface area contributed by atoms with Crippen molar-refractivity contribution in [3.63, 3.8) is 0 Å². The molecule has 1 aromatic rings. The Hall–Kier alpha value is -2.43. The molecule has 30 heavy (non-hydrogen) atoms. The predicted molar refractivity (Wildman–Crippen MR) is 106 cm³/mol. The Morgan fingerprint density at radius 2 is 1.87 bits per heavy atom. The number of esters is 1. The molecule has 0 unspecified atom stereocenters. The summed E-state index contributed by atoms with van der Waals surface area (Å²) in [5, 5.41) is 61.0. The van der Waals surface area contributed by atoms with Crippen LogP contribution in [0, 0.1) is 0 Å². The maximum atomic E-state index is 12.3. The third-order valence-electron chi connectivity index (χ3n) is 4.99. The fraction of sp³-hybridized carbons (Fsp3) is 0.476. The largest absolute Gasteiger partial charge is 0.507 e. The maximum Gasteiger partial charge on any atom is 0.341 e. The van der Waals surface area contributed by atoms with Crippen molar-refractivity contribution in [2.24, 2.45) is 0 Å². The number of aryl methyl sites for hydroxylation is 1. The number of ether oxygens (including phenoxy) is 2. The summed E-state index contributed by atoms with van der Waals surface area (Å²) >= 11 is 0. The van der Waals surface area contributed by atoms with Crippen LogP contribution in [-0.4, -0.2) is 74.7 Å². The van der Waals surface area contributed by atoms with Gasteiger partial charge in [-0.1, -0.05) is 24.3 Å². The second-order valence-electron chi connectivity index (χ2n) is 6.93. The summed E-state index contributed by atoms with van der Waals surface area (Å²) in [6.45, 7) is 1.19. The van der Waals surface area contributed by atoms with Crippen LogP contribution in [0.4, 0.5) is 0 Å². The van der Waals surface area contributed by atoms with Gasteiger partial charge in [-0.15, -0.1) is 0 Å². The van der Waals surface area contributed by atoms with E-state index in [0.29, 0.717) is 18.4 Å². The highest BCUT2D eigenvalue weighted by Crippen LogP contribution is 2.44. The lowest BCUT2D eigenvalue weighted by atomic mass is 9.87. The van der Waals surface area contributed by atoms with E-state index < -0.39 is 54.6 Å². The van der Waals surface area contributed by atoms with Crippen molar-refractivity contribution in [1.82, 2.24) is 0 Å². The molecule has 1 heterocycles. The lowest BCUT2D eigenvalue weighted by Crippen LogP contribution is -2.55. The fourth-order valence-corrected chi connectivity index (χ4v) is 3.40. The highest BCUT2D eigenvalue weighted by atomic mass is 16.5. The Kier molecular flexibility index (Phi) is 8.39. The molecule has 9 nitrogen and oxygen atoms in total. The van der Waals surface area contributed by atoms with E-state index in [0.717, 1.165) is 7.11 Å². The van der Waals surface area contributed by atoms with Crippen molar-refractivity contribution in [3.8, 4) is 11.5 Å². The van der Waals surface area contributed by atoms with Crippen LogP contribution in [0.5, 0.6) is 11.5 Å². The third kappa shape index (κ3) is 4.82. The maximum absolute atomic E-state index is 12.3. The van der Waals surface area contributed by atoms with Gasteiger partial charge in [-0.25, -0.2) is 4.79 Å². The normalized spacial score (nSPS) is 27.1. The lowest BCUT2D eigenvalue weighted by molar-refractivity contribution is -0.232. The second kappa shape index (κ2) is 10.6. The minimum absolute atomic E-state index is 0.207. The number of rotatable bonds is 7. The van der Waals surface area contributed by atoms with Crippen LogP contribution in [-0.2, 0) is 15.9 Å². The zero-order chi connectivity index (χ0) is 22.4. The molecule has 1 aliphatic rings. The van der Waals surface area contributed by atoms with Crippen molar-refractivity contribution in [2.75, 3.05) is 13.7 Å². The number of allylic oxidation sites excluding steroid dienone is 4. The van der Waals surface area contributed by atoms with Gasteiger partial charge in [0.2, 0.25) is 0 Å². The van der Waals surface area contributed by atoms with Crippen LogP contribution in [0.15, 0.2) is 30.4 Å². The van der Waals surface area contributed by atoms with E-state index in [9.17, 15) is 35.4 Å². The number of phenolic OH excluding ortho intramolecular Hbond substituents is 2. The topological polar surface area (TPSA) is 157 Å². The molecule has 0 saturated carbocycles. The van der Waals surface area contributed by atoms with Crippen molar-refractivity contribution >= 4 is 5.97 Å². The quantitative estimate of drug-likeness (QED) is 0.270. The average molecular weight is 424 g/mol. The number of carbonyl (C=O) groups is 1. The predicted octanol–water partition coefficient (Wildman–Crippen LogP) is 0.464. The third-order valence-corrected chi connectivity index (χ3v) is 4.99. The minimum atomic E-state index is -1.74. The number of hydrogen-bond acceptors (Lipinski definition) is 9. The molecule has 1 saturated heterocycles. The SMILES string of the molecule is C/C=C/C=C/CCc1cc(O)c([C@@H]2O[C@H](CO)[C@@H](O)[C@H](O)[C@H]2O)c(O)c1C(=O)OC. The van der Waals surface area contributed by atoms with E-state index in [1.54, 1.807) is 0 Å². The first-order chi connectivity index (χ1) is 14.3. The summed E-state index contributed by atoms with van der Waals surface area (Å²) in [7, 11) is 1.14. The van der Waals surface area contributed by atoms with Gasteiger partial charge in [0, 0.05) is 0 Å². The highest BCUT2D eigenvalue weighted by Gasteiger charge is 2.46. The van der Waals surface area contributed by atoms with Crippen molar-refractivity contribution in [1.29, 1.82) is 0 Å². The van der Waals surface area contributed by atoms with Crippen LogP contribution >= 0.6 is 0 Å². The first-order valence-electron chi connectivity index (χ1n) is 9.52. The Balaban J connectivity index is 2.49. The molecular weight excluding hydrogens is 396 g/mol. The van der Waals surface area contributed by atoms with Gasteiger partial charge in [0.05, 0.1) is 19.3 Å². The number of aromatic hydroxyl groups is 2. The number of hydrogen-bond donors (Lipinski definition) is 6. The van der Waals surface area contributed by atoms with Gasteiger partial charge < -0.3 is 40.1 Å². The first-order valence-corrected chi connectivity index (χ1v) is 9.52. The number of aliphatic hydroxyl groups is 4. The van der Waals surface area contributed by atoms with Crippen LogP contribution in [0.2, 0.25) is 0 Å². The number of benzene rings is 1. The molecule has 2 rings (SSSR count). The van der Waals surface area contributed by atoms with Gasteiger partial charge in [0.1, 0.15) is 47.6 Å².